The summed E-state index contributed by atoms with van der Waals surface area (Å²) in [5.41, 5.74) is 2.38. The van der Waals surface area contributed by atoms with Crippen molar-refractivity contribution in [2.75, 3.05) is 25.5 Å². The maximum Gasteiger partial charge on any atom is 0.0400 e. The molecule has 0 aliphatic rings. The van der Waals surface area contributed by atoms with Crippen LogP contribution in [0.15, 0.2) is 18.5 Å². The predicted octanol–water partition coefficient (Wildman–Crippen LogP) is 1.66. The third kappa shape index (κ3) is 3.34. The molecule has 3 heteroatoms. The van der Waals surface area contributed by atoms with Crippen LogP contribution in [0.3, 0.4) is 0 Å². The van der Waals surface area contributed by atoms with Crippen molar-refractivity contribution in [1.82, 2.24) is 10.3 Å². The van der Waals surface area contributed by atoms with Gasteiger partial charge in [0.2, 0.25) is 0 Å². The van der Waals surface area contributed by atoms with Crippen LogP contribution in [0.1, 0.15) is 12.5 Å². The van der Waals surface area contributed by atoms with Crippen LogP contribution >= 0.6 is 0 Å². The summed E-state index contributed by atoms with van der Waals surface area (Å²) in [6.07, 6.45) is 3.70. The Hall–Kier alpha value is -1.09. The highest BCUT2D eigenvalue weighted by Gasteiger charge is 2.01. The van der Waals surface area contributed by atoms with Gasteiger partial charge in [-0.2, -0.15) is 0 Å². The lowest BCUT2D eigenvalue weighted by Gasteiger charge is -2.14. The molecule has 1 aromatic rings. The number of hydrogen-bond acceptors (Lipinski definition) is 3. The van der Waals surface area contributed by atoms with E-state index in [1.54, 1.807) is 0 Å². The minimum atomic E-state index is 0.632. The van der Waals surface area contributed by atoms with Gasteiger partial charge in [-0.1, -0.05) is 6.92 Å². The summed E-state index contributed by atoms with van der Waals surface area (Å²) < 4.78 is 0. The number of pyridine rings is 1. The molecule has 1 heterocycles. The average Bonchev–Trinajstić information content (AvgIpc) is 2.17. The largest absolute Gasteiger partial charge is 0.384 e. The van der Waals surface area contributed by atoms with Crippen LogP contribution in [0.2, 0.25) is 0 Å². The quantitative estimate of drug-likeness (QED) is 0.746. The van der Waals surface area contributed by atoms with Gasteiger partial charge in [-0.15, -0.1) is 0 Å². The lowest BCUT2D eigenvalue weighted by molar-refractivity contribution is 0.569. The van der Waals surface area contributed by atoms with E-state index < -0.39 is 0 Å². The van der Waals surface area contributed by atoms with E-state index >= 15 is 0 Å². The van der Waals surface area contributed by atoms with Gasteiger partial charge < -0.3 is 10.6 Å². The van der Waals surface area contributed by atoms with Crippen LogP contribution in [0.25, 0.3) is 0 Å². The molecule has 0 aliphatic heterocycles. The summed E-state index contributed by atoms with van der Waals surface area (Å²) in [6, 6.07) is 2.02. The van der Waals surface area contributed by atoms with Crippen molar-refractivity contribution in [3.05, 3.63) is 24.0 Å². The SMILES string of the molecule is CNCC(C)CNc1ccncc1C. The number of nitrogens with zero attached hydrogens (tertiary/aromatic N) is 1. The van der Waals surface area contributed by atoms with Crippen molar-refractivity contribution in [3.8, 4) is 0 Å². The summed E-state index contributed by atoms with van der Waals surface area (Å²) in [4.78, 5) is 4.06. The molecule has 0 bridgehead atoms. The van der Waals surface area contributed by atoms with Crippen molar-refractivity contribution in [2.24, 2.45) is 5.92 Å². The zero-order valence-electron chi connectivity index (χ0n) is 9.17. The van der Waals surface area contributed by atoms with Crippen LogP contribution in [-0.2, 0) is 0 Å². The Morgan fingerprint density at radius 1 is 1.43 bits per heavy atom. The van der Waals surface area contributed by atoms with Crippen molar-refractivity contribution in [2.45, 2.75) is 13.8 Å². The van der Waals surface area contributed by atoms with E-state index in [1.807, 2.05) is 25.5 Å². The van der Waals surface area contributed by atoms with Crippen LogP contribution < -0.4 is 10.6 Å². The minimum absolute atomic E-state index is 0.632. The molecule has 1 rings (SSSR count). The highest BCUT2D eigenvalue weighted by atomic mass is 14.9. The molecule has 3 nitrogen and oxygen atoms in total. The van der Waals surface area contributed by atoms with Gasteiger partial charge in [0.1, 0.15) is 0 Å². The van der Waals surface area contributed by atoms with Gasteiger partial charge in [-0.25, -0.2) is 0 Å². The van der Waals surface area contributed by atoms with Crippen molar-refractivity contribution < 1.29 is 0 Å². The Morgan fingerprint density at radius 3 is 2.86 bits per heavy atom. The molecule has 1 atom stereocenters. The molecular formula is C11H19N3. The van der Waals surface area contributed by atoms with Crippen LogP contribution in [0, 0.1) is 12.8 Å². The monoisotopic (exact) mass is 193 g/mol. The molecule has 0 saturated carbocycles. The highest BCUT2D eigenvalue weighted by Crippen LogP contribution is 2.11. The fraction of sp³-hybridized carbons (Fsp3) is 0.545. The number of anilines is 1. The Balaban J connectivity index is 2.41. The van der Waals surface area contributed by atoms with Gasteiger partial charge >= 0.3 is 0 Å². The second-order valence-corrected chi connectivity index (χ2v) is 3.73. The molecular weight excluding hydrogens is 174 g/mol. The zero-order chi connectivity index (χ0) is 10.4. The van der Waals surface area contributed by atoms with Crippen LogP contribution in [0.4, 0.5) is 5.69 Å². The first-order valence-electron chi connectivity index (χ1n) is 5.03. The third-order valence-electron chi connectivity index (χ3n) is 2.21. The number of aromatic nitrogens is 1. The molecule has 0 saturated heterocycles. The van der Waals surface area contributed by atoms with Gasteiger partial charge in [0, 0.05) is 24.6 Å². The molecule has 78 valence electrons. The highest BCUT2D eigenvalue weighted by molar-refractivity contribution is 5.48. The fourth-order valence-corrected chi connectivity index (χ4v) is 1.38. The Kier molecular flexibility index (Phi) is 4.40. The van der Waals surface area contributed by atoms with Gasteiger partial charge in [0.25, 0.3) is 0 Å². The number of rotatable bonds is 5. The molecule has 1 aromatic heterocycles. The van der Waals surface area contributed by atoms with Crippen molar-refractivity contribution in [3.63, 3.8) is 0 Å². The van der Waals surface area contributed by atoms with E-state index in [1.165, 1.54) is 11.3 Å². The van der Waals surface area contributed by atoms with Gasteiger partial charge in [-0.05, 0) is 38.1 Å². The number of hydrogen-bond donors (Lipinski definition) is 2. The maximum absolute atomic E-state index is 4.06. The number of aryl methyl sites for hydroxylation is 1. The van der Waals surface area contributed by atoms with E-state index in [-0.39, 0.29) is 0 Å². The average molecular weight is 193 g/mol. The van der Waals surface area contributed by atoms with E-state index in [0.717, 1.165) is 13.1 Å². The zero-order valence-corrected chi connectivity index (χ0v) is 9.17. The summed E-state index contributed by atoms with van der Waals surface area (Å²) in [5, 5.41) is 6.58. The Bertz CT molecular complexity index is 273. The molecule has 0 aromatic carbocycles. The topological polar surface area (TPSA) is 37.0 Å². The van der Waals surface area contributed by atoms with Crippen LogP contribution in [-0.4, -0.2) is 25.1 Å². The second-order valence-electron chi connectivity index (χ2n) is 3.73. The normalized spacial score (nSPS) is 12.5. The van der Waals surface area contributed by atoms with E-state index in [0.29, 0.717) is 5.92 Å². The molecule has 14 heavy (non-hydrogen) atoms. The van der Waals surface area contributed by atoms with E-state index in [4.69, 9.17) is 0 Å². The Labute approximate surface area is 85.9 Å². The van der Waals surface area contributed by atoms with Gasteiger partial charge in [0.05, 0.1) is 0 Å². The maximum atomic E-state index is 4.06. The summed E-state index contributed by atoms with van der Waals surface area (Å²) >= 11 is 0. The predicted molar refractivity (Wildman–Crippen MR) is 60.6 cm³/mol. The van der Waals surface area contributed by atoms with Gasteiger partial charge in [0.15, 0.2) is 0 Å². The molecule has 0 fully saturated rings. The first-order valence-corrected chi connectivity index (χ1v) is 5.03. The smallest absolute Gasteiger partial charge is 0.0400 e. The fourth-order valence-electron chi connectivity index (χ4n) is 1.38. The summed E-state index contributed by atoms with van der Waals surface area (Å²) in [7, 11) is 1.98. The standard InChI is InChI=1S/C11H19N3/c1-9(6-12-3)7-14-11-4-5-13-8-10(11)2/h4-5,8-9,12H,6-7H2,1-3H3,(H,13,14). The Morgan fingerprint density at radius 2 is 2.21 bits per heavy atom. The van der Waals surface area contributed by atoms with Crippen molar-refractivity contribution >= 4 is 5.69 Å². The van der Waals surface area contributed by atoms with Crippen LogP contribution in [0.5, 0.6) is 0 Å². The summed E-state index contributed by atoms with van der Waals surface area (Å²) in [5.74, 6) is 0.632. The molecule has 0 spiro atoms. The minimum Gasteiger partial charge on any atom is -0.384 e. The first kappa shape index (κ1) is 11.0. The van der Waals surface area contributed by atoms with E-state index in [2.05, 4.69) is 29.5 Å². The molecule has 0 aliphatic carbocycles. The van der Waals surface area contributed by atoms with Crippen molar-refractivity contribution in [1.29, 1.82) is 0 Å². The number of nitrogens with one attached hydrogen (secondary N) is 2. The summed E-state index contributed by atoms with van der Waals surface area (Å²) in [6.45, 7) is 6.32. The first-order chi connectivity index (χ1) is 6.74. The lowest BCUT2D eigenvalue weighted by atomic mass is 10.1. The molecule has 0 amide bonds. The second kappa shape index (κ2) is 5.60. The van der Waals surface area contributed by atoms with E-state index in [9.17, 15) is 0 Å². The lowest BCUT2D eigenvalue weighted by Crippen LogP contribution is -2.23. The molecule has 2 N–H and O–H groups in total. The molecule has 0 radical (unpaired) electrons. The van der Waals surface area contributed by atoms with Gasteiger partial charge in [-0.3, -0.25) is 4.98 Å². The molecule has 1 unspecified atom stereocenters. The third-order valence-corrected chi connectivity index (χ3v) is 2.21.